The van der Waals surface area contributed by atoms with E-state index in [2.05, 4.69) is 38.8 Å². The molecular formula is C12H17BrN2. The molecule has 0 spiro atoms. The van der Waals surface area contributed by atoms with Crippen molar-refractivity contribution in [3.05, 3.63) is 28.0 Å². The number of nitrogens with zero attached hydrogens (tertiary/aromatic N) is 2. The molecule has 1 aliphatic rings. The maximum atomic E-state index is 4.47. The minimum absolute atomic E-state index is 1.06. The fraction of sp³-hybridized carbons (Fsp3) is 0.583. The van der Waals surface area contributed by atoms with Gasteiger partial charge in [0, 0.05) is 23.6 Å². The van der Waals surface area contributed by atoms with E-state index in [1.165, 1.54) is 37.2 Å². The van der Waals surface area contributed by atoms with Crippen LogP contribution >= 0.6 is 15.9 Å². The summed E-state index contributed by atoms with van der Waals surface area (Å²) >= 11 is 3.58. The first-order chi connectivity index (χ1) is 7.25. The zero-order valence-electron chi connectivity index (χ0n) is 9.17. The van der Waals surface area contributed by atoms with E-state index in [1.54, 1.807) is 0 Å². The van der Waals surface area contributed by atoms with Crippen molar-refractivity contribution in [3.8, 4) is 0 Å². The molecule has 0 aliphatic carbocycles. The third-order valence-electron chi connectivity index (χ3n) is 2.92. The van der Waals surface area contributed by atoms with Gasteiger partial charge in [0.1, 0.15) is 0 Å². The van der Waals surface area contributed by atoms with Gasteiger partial charge in [0.05, 0.1) is 5.69 Å². The highest BCUT2D eigenvalue weighted by molar-refractivity contribution is 9.10. The molecule has 0 unspecified atom stereocenters. The van der Waals surface area contributed by atoms with E-state index in [9.17, 15) is 0 Å². The molecule has 0 radical (unpaired) electrons. The third kappa shape index (κ3) is 3.02. The van der Waals surface area contributed by atoms with Gasteiger partial charge in [0.25, 0.3) is 0 Å². The highest BCUT2D eigenvalue weighted by atomic mass is 79.9. The second-order valence-corrected chi connectivity index (χ2v) is 5.09. The zero-order chi connectivity index (χ0) is 10.7. The van der Waals surface area contributed by atoms with Gasteiger partial charge in [-0.05, 0) is 60.4 Å². The van der Waals surface area contributed by atoms with Gasteiger partial charge in [-0.2, -0.15) is 0 Å². The topological polar surface area (TPSA) is 16.1 Å². The number of hydrogen-bond donors (Lipinski definition) is 0. The van der Waals surface area contributed by atoms with Gasteiger partial charge >= 0.3 is 0 Å². The van der Waals surface area contributed by atoms with Crippen LogP contribution < -0.4 is 0 Å². The lowest BCUT2D eigenvalue weighted by Gasteiger charge is -2.14. The molecule has 2 heterocycles. The summed E-state index contributed by atoms with van der Waals surface area (Å²) in [6, 6.07) is 2.15. The standard InChI is InChI=1S/C12H17BrN2/c1-10-8-11(13)12(14-9-10)4-7-15-5-2-3-6-15/h8-9H,2-7H2,1H3. The van der Waals surface area contributed by atoms with Crippen molar-refractivity contribution in [2.45, 2.75) is 26.2 Å². The first kappa shape index (κ1) is 11.1. The summed E-state index contributed by atoms with van der Waals surface area (Å²) in [4.78, 5) is 6.99. The molecule has 0 bridgehead atoms. The van der Waals surface area contributed by atoms with Crippen LogP contribution in [0.5, 0.6) is 0 Å². The van der Waals surface area contributed by atoms with Crippen LogP contribution in [0, 0.1) is 6.92 Å². The third-order valence-corrected chi connectivity index (χ3v) is 3.60. The van der Waals surface area contributed by atoms with Crippen molar-refractivity contribution in [2.75, 3.05) is 19.6 Å². The van der Waals surface area contributed by atoms with E-state index in [1.807, 2.05) is 6.20 Å². The Labute approximate surface area is 99.8 Å². The number of halogens is 1. The average molecular weight is 269 g/mol. The van der Waals surface area contributed by atoms with Gasteiger partial charge < -0.3 is 4.90 Å². The molecule has 82 valence electrons. The molecular weight excluding hydrogens is 252 g/mol. The average Bonchev–Trinajstić information content (AvgIpc) is 2.69. The minimum atomic E-state index is 1.06. The number of pyridine rings is 1. The molecule has 1 aromatic rings. The molecule has 0 N–H and O–H groups in total. The van der Waals surface area contributed by atoms with E-state index in [0.717, 1.165) is 17.4 Å². The van der Waals surface area contributed by atoms with Gasteiger partial charge in [0.15, 0.2) is 0 Å². The molecule has 1 fully saturated rings. The first-order valence-electron chi connectivity index (χ1n) is 5.59. The van der Waals surface area contributed by atoms with Crippen LogP contribution in [0.25, 0.3) is 0 Å². The lowest BCUT2D eigenvalue weighted by Crippen LogP contribution is -2.22. The van der Waals surface area contributed by atoms with Crippen LogP contribution in [0.4, 0.5) is 0 Å². The molecule has 2 nitrogen and oxygen atoms in total. The zero-order valence-corrected chi connectivity index (χ0v) is 10.8. The first-order valence-corrected chi connectivity index (χ1v) is 6.38. The number of aryl methyl sites for hydroxylation is 1. The second kappa shape index (κ2) is 5.08. The van der Waals surface area contributed by atoms with E-state index in [0.29, 0.717) is 0 Å². The van der Waals surface area contributed by atoms with Crippen molar-refractivity contribution < 1.29 is 0 Å². The molecule has 1 aliphatic heterocycles. The molecule has 3 heteroatoms. The van der Waals surface area contributed by atoms with Crippen molar-refractivity contribution in [2.24, 2.45) is 0 Å². The van der Waals surface area contributed by atoms with Crippen molar-refractivity contribution in [1.82, 2.24) is 9.88 Å². The lowest BCUT2D eigenvalue weighted by molar-refractivity contribution is 0.342. The predicted octanol–water partition coefficient (Wildman–Crippen LogP) is 2.79. The Kier molecular flexibility index (Phi) is 3.76. The fourth-order valence-electron chi connectivity index (χ4n) is 2.02. The molecule has 0 atom stereocenters. The Morgan fingerprint density at radius 2 is 2.13 bits per heavy atom. The van der Waals surface area contributed by atoms with Crippen LogP contribution in [-0.2, 0) is 6.42 Å². The van der Waals surface area contributed by atoms with E-state index >= 15 is 0 Å². The maximum absolute atomic E-state index is 4.47. The molecule has 1 saturated heterocycles. The van der Waals surface area contributed by atoms with Crippen LogP contribution in [0.3, 0.4) is 0 Å². The lowest BCUT2D eigenvalue weighted by atomic mass is 10.2. The minimum Gasteiger partial charge on any atom is -0.303 e. The molecule has 15 heavy (non-hydrogen) atoms. The summed E-state index contributed by atoms with van der Waals surface area (Å²) < 4.78 is 1.15. The molecule has 0 saturated carbocycles. The van der Waals surface area contributed by atoms with Crippen molar-refractivity contribution in [1.29, 1.82) is 0 Å². The number of rotatable bonds is 3. The van der Waals surface area contributed by atoms with Gasteiger partial charge in [-0.15, -0.1) is 0 Å². The summed E-state index contributed by atoms with van der Waals surface area (Å²) in [6.45, 7) is 5.75. The Morgan fingerprint density at radius 3 is 2.80 bits per heavy atom. The van der Waals surface area contributed by atoms with Crippen LogP contribution in [-0.4, -0.2) is 29.5 Å². The Hall–Kier alpha value is -0.410. The van der Waals surface area contributed by atoms with E-state index < -0.39 is 0 Å². The largest absolute Gasteiger partial charge is 0.303 e. The van der Waals surface area contributed by atoms with Crippen LogP contribution in [0.15, 0.2) is 16.7 Å². The summed E-state index contributed by atoms with van der Waals surface area (Å²) in [5, 5.41) is 0. The number of hydrogen-bond acceptors (Lipinski definition) is 2. The monoisotopic (exact) mass is 268 g/mol. The van der Waals surface area contributed by atoms with Crippen molar-refractivity contribution >= 4 is 15.9 Å². The van der Waals surface area contributed by atoms with Gasteiger partial charge in [-0.1, -0.05) is 0 Å². The number of aromatic nitrogens is 1. The fourth-order valence-corrected chi connectivity index (χ4v) is 2.68. The Bertz CT molecular complexity index is 332. The second-order valence-electron chi connectivity index (χ2n) is 4.24. The maximum Gasteiger partial charge on any atom is 0.0558 e. The summed E-state index contributed by atoms with van der Waals surface area (Å²) in [6.07, 6.45) is 5.73. The molecule has 0 amide bonds. The van der Waals surface area contributed by atoms with Crippen LogP contribution in [0.2, 0.25) is 0 Å². The quantitative estimate of drug-likeness (QED) is 0.838. The summed E-state index contributed by atoms with van der Waals surface area (Å²) in [5.41, 5.74) is 2.40. The Balaban J connectivity index is 1.92. The highest BCUT2D eigenvalue weighted by Crippen LogP contribution is 2.17. The van der Waals surface area contributed by atoms with Gasteiger partial charge in [-0.25, -0.2) is 0 Å². The van der Waals surface area contributed by atoms with E-state index in [-0.39, 0.29) is 0 Å². The summed E-state index contributed by atoms with van der Waals surface area (Å²) in [5.74, 6) is 0. The normalized spacial score (nSPS) is 17.2. The molecule has 2 rings (SSSR count). The summed E-state index contributed by atoms with van der Waals surface area (Å²) in [7, 11) is 0. The number of likely N-dealkylation sites (tertiary alicyclic amines) is 1. The smallest absolute Gasteiger partial charge is 0.0558 e. The predicted molar refractivity (Wildman–Crippen MR) is 66.1 cm³/mol. The molecule has 1 aromatic heterocycles. The molecule has 0 aromatic carbocycles. The van der Waals surface area contributed by atoms with Crippen molar-refractivity contribution in [3.63, 3.8) is 0 Å². The van der Waals surface area contributed by atoms with Gasteiger partial charge in [0.2, 0.25) is 0 Å². The SMILES string of the molecule is Cc1cnc(CCN2CCCC2)c(Br)c1. The highest BCUT2D eigenvalue weighted by Gasteiger charge is 2.12. The van der Waals surface area contributed by atoms with E-state index in [4.69, 9.17) is 0 Å². The Morgan fingerprint density at radius 1 is 1.40 bits per heavy atom. The van der Waals surface area contributed by atoms with Crippen LogP contribution in [0.1, 0.15) is 24.1 Å². The van der Waals surface area contributed by atoms with Gasteiger partial charge in [-0.3, -0.25) is 4.98 Å².